The van der Waals surface area contributed by atoms with Crippen LogP contribution in [-0.2, 0) is 4.43 Å². The van der Waals surface area contributed by atoms with Crippen molar-refractivity contribution in [1.82, 2.24) is 15.5 Å². The predicted octanol–water partition coefficient (Wildman–Crippen LogP) is 1.25. The van der Waals surface area contributed by atoms with Gasteiger partial charge in [0.1, 0.15) is 0 Å². The highest BCUT2D eigenvalue weighted by Gasteiger charge is 2.38. The second kappa shape index (κ2) is 5.82. The Balaban J connectivity index is 1.81. The van der Waals surface area contributed by atoms with Crippen LogP contribution in [0.4, 0.5) is 0 Å². The van der Waals surface area contributed by atoms with E-state index in [1.54, 1.807) is 0 Å². The highest BCUT2D eigenvalue weighted by atomic mass is 28.4. The zero-order valence-electron chi connectivity index (χ0n) is 13.3. The SMILES string of the molecule is CC(C)(C)[Si](C)(C)OCC1CN2CCNC[C@H]2CN1. The van der Waals surface area contributed by atoms with Gasteiger partial charge < -0.3 is 15.1 Å². The molecule has 0 aliphatic carbocycles. The molecule has 1 unspecified atom stereocenters. The molecule has 19 heavy (non-hydrogen) atoms. The molecule has 2 rings (SSSR count). The van der Waals surface area contributed by atoms with Crippen molar-refractivity contribution in [3.8, 4) is 0 Å². The summed E-state index contributed by atoms with van der Waals surface area (Å²) in [6.07, 6.45) is 0. The van der Waals surface area contributed by atoms with Gasteiger partial charge in [0.05, 0.1) is 6.61 Å². The minimum Gasteiger partial charge on any atom is -0.415 e. The van der Waals surface area contributed by atoms with Gasteiger partial charge in [0.25, 0.3) is 0 Å². The van der Waals surface area contributed by atoms with Gasteiger partial charge in [-0.05, 0) is 18.1 Å². The zero-order valence-corrected chi connectivity index (χ0v) is 14.3. The minimum atomic E-state index is -1.60. The van der Waals surface area contributed by atoms with Crippen LogP contribution in [0.3, 0.4) is 0 Å². The highest BCUT2D eigenvalue weighted by molar-refractivity contribution is 6.74. The van der Waals surface area contributed by atoms with E-state index in [0.717, 1.165) is 32.8 Å². The molecule has 4 nitrogen and oxygen atoms in total. The van der Waals surface area contributed by atoms with E-state index in [1.165, 1.54) is 6.54 Å². The maximum Gasteiger partial charge on any atom is 0.192 e. The van der Waals surface area contributed by atoms with Gasteiger partial charge in [-0.15, -0.1) is 0 Å². The molecular formula is C14H31N3OSi. The number of hydrogen-bond donors (Lipinski definition) is 2. The van der Waals surface area contributed by atoms with Crippen molar-refractivity contribution in [3.63, 3.8) is 0 Å². The summed E-state index contributed by atoms with van der Waals surface area (Å²) < 4.78 is 6.35. The second-order valence-electron chi connectivity index (χ2n) is 7.53. The third kappa shape index (κ3) is 3.79. The van der Waals surface area contributed by atoms with E-state index in [2.05, 4.69) is 49.4 Å². The molecule has 2 saturated heterocycles. The lowest BCUT2D eigenvalue weighted by Crippen LogP contribution is -2.64. The molecule has 0 radical (unpaired) electrons. The van der Waals surface area contributed by atoms with Gasteiger partial charge in [-0.1, -0.05) is 20.8 Å². The first-order valence-electron chi connectivity index (χ1n) is 7.62. The van der Waals surface area contributed by atoms with Gasteiger partial charge in [-0.25, -0.2) is 0 Å². The second-order valence-corrected chi connectivity index (χ2v) is 12.3. The van der Waals surface area contributed by atoms with Gasteiger partial charge in [0.2, 0.25) is 0 Å². The summed E-state index contributed by atoms with van der Waals surface area (Å²) in [5.74, 6) is 0. The van der Waals surface area contributed by atoms with Crippen LogP contribution in [0.5, 0.6) is 0 Å². The normalized spacial score (nSPS) is 30.2. The molecule has 2 heterocycles. The van der Waals surface area contributed by atoms with Crippen LogP contribution < -0.4 is 10.6 Å². The van der Waals surface area contributed by atoms with E-state index in [-0.39, 0.29) is 0 Å². The van der Waals surface area contributed by atoms with Crippen LogP contribution >= 0.6 is 0 Å². The number of piperazine rings is 2. The van der Waals surface area contributed by atoms with Gasteiger partial charge in [-0.3, -0.25) is 4.90 Å². The molecule has 2 N–H and O–H groups in total. The summed E-state index contributed by atoms with van der Waals surface area (Å²) in [4.78, 5) is 2.62. The molecular weight excluding hydrogens is 254 g/mol. The summed E-state index contributed by atoms with van der Waals surface area (Å²) in [6, 6.07) is 1.18. The van der Waals surface area contributed by atoms with Crippen molar-refractivity contribution in [2.24, 2.45) is 0 Å². The molecule has 2 fully saturated rings. The smallest absolute Gasteiger partial charge is 0.192 e. The van der Waals surface area contributed by atoms with E-state index >= 15 is 0 Å². The first kappa shape index (κ1) is 15.4. The molecule has 0 bridgehead atoms. The summed E-state index contributed by atoms with van der Waals surface area (Å²) in [6.45, 7) is 18.1. The van der Waals surface area contributed by atoms with Crippen LogP contribution in [0, 0.1) is 0 Å². The van der Waals surface area contributed by atoms with Crippen LogP contribution in [0.15, 0.2) is 0 Å². The van der Waals surface area contributed by atoms with Crippen molar-refractivity contribution in [2.45, 2.75) is 51.0 Å². The topological polar surface area (TPSA) is 36.5 Å². The monoisotopic (exact) mass is 285 g/mol. The minimum absolute atomic E-state index is 0.305. The fraction of sp³-hybridized carbons (Fsp3) is 1.00. The van der Waals surface area contributed by atoms with Crippen LogP contribution in [0.2, 0.25) is 18.1 Å². The molecule has 0 amide bonds. The van der Waals surface area contributed by atoms with Gasteiger partial charge in [-0.2, -0.15) is 0 Å². The molecule has 0 spiro atoms. The van der Waals surface area contributed by atoms with Crippen molar-refractivity contribution in [3.05, 3.63) is 0 Å². The Labute approximate surface area is 119 Å². The first-order chi connectivity index (χ1) is 8.79. The predicted molar refractivity (Wildman–Crippen MR) is 83.2 cm³/mol. The van der Waals surface area contributed by atoms with E-state index in [0.29, 0.717) is 17.1 Å². The summed E-state index contributed by atoms with van der Waals surface area (Å²) in [5, 5.41) is 7.43. The van der Waals surface area contributed by atoms with Crippen molar-refractivity contribution in [2.75, 3.05) is 39.3 Å². The maximum absolute atomic E-state index is 6.35. The number of nitrogens with one attached hydrogen (secondary N) is 2. The third-order valence-corrected chi connectivity index (χ3v) is 9.52. The Bertz CT molecular complexity index is 304. The lowest BCUT2D eigenvalue weighted by molar-refractivity contribution is 0.0851. The number of rotatable bonds is 3. The first-order valence-corrected chi connectivity index (χ1v) is 10.5. The van der Waals surface area contributed by atoms with E-state index < -0.39 is 8.32 Å². The van der Waals surface area contributed by atoms with Crippen LogP contribution in [0.25, 0.3) is 0 Å². The molecule has 2 atom stereocenters. The van der Waals surface area contributed by atoms with Crippen molar-refractivity contribution < 1.29 is 4.43 Å². The van der Waals surface area contributed by atoms with Gasteiger partial charge >= 0.3 is 0 Å². The zero-order chi connectivity index (χ0) is 14.1. The quantitative estimate of drug-likeness (QED) is 0.765. The Morgan fingerprint density at radius 1 is 1.26 bits per heavy atom. The lowest BCUT2D eigenvalue weighted by Gasteiger charge is -2.44. The standard InChI is InChI=1S/C14H31N3OSi/c1-14(2,3)19(4,5)18-11-12-10-17-7-6-15-8-13(17)9-16-12/h12-13,15-16H,6-11H2,1-5H3/t12?,13-/m0/s1. The van der Waals surface area contributed by atoms with E-state index in [4.69, 9.17) is 4.43 Å². The average Bonchev–Trinajstić information content (AvgIpc) is 2.35. The Morgan fingerprint density at radius 2 is 2.00 bits per heavy atom. The highest BCUT2D eigenvalue weighted by Crippen LogP contribution is 2.36. The summed E-state index contributed by atoms with van der Waals surface area (Å²) in [7, 11) is -1.60. The molecule has 5 heteroatoms. The largest absolute Gasteiger partial charge is 0.415 e. The number of nitrogens with zero attached hydrogens (tertiary/aromatic N) is 1. The van der Waals surface area contributed by atoms with Crippen molar-refractivity contribution in [1.29, 1.82) is 0 Å². The molecule has 0 aromatic heterocycles. The Morgan fingerprint density at radius 3 is 2.68 bits per heavy atom. The molecule has 0 aromatic rings. The molecule has 2 aliphatic rings. The molecule has 2 aliphatic heterocycles. The van der Waals surface area contributed by atoms with Crippen LogP contribution in [-0.4, -0.2) is 64.6 Å². The third-order valence-electron chi connectivity index (χ3n) is 5.02. The van der Waals surface area contributed by atoms with E-state index in [9.17, 15) is 0 Å². The molecule has 112 valence electrons. The number of fused-ring (bicyclic) bond motifs is 1. The Kier molecular flexibility index (Phi) is 4.73. The van der Waals surface area contributed by atoms with Gasteiger partial charge in [0, 0.05) is 44.8 Å². The molecule has 0 saturated carbocycles. The average molecular weight is 286 g/mol. The maximum atomic E-state index is 6.35. The Hall–Kier alpha value is 0.0569. The van der Waals surface area contributed by atoms with E-state index in [1.807, 2.05) is 0 Å². The number of hydrogen-bond acceptors (Lipinski definition) is 4. The van der Waals surface area contributed by atoms with Crippen molar-refractivity contribution >= 4 is 8.32 Å². The molecule has 0 aromatic carbocycles. The van der Waals surface area contributed by atoms with Crippen LogP contribution in [0.1, 0.15) is 20.8 Å². The summed E-state index contributed by atoms with van der Waals surface area (Å²) in [5.41, 5.74) is 0. The fourth-order valence-electron chi connectivity index (χ4n) is 2.53. The summed E-state index contributed by atoms with van der Waals surface area (Å²) >= 11 is 0. The lowest BCUT2D eigenvalue weighted by atomic mass is 10.1. The fourth-order valence-corrected chi connectivity index (χ4v) is 3.58. The van der Waals surface area contributed by atoms with Gasteiger partial charge in [0.15, 0.2) is 8.32 Å².